The van der Waals surface area contributed by atoms with Crippen LogP contribution in [0.1, 0.15) is 0 Å². The lowest BCUT2D eigenvalue weighted by Gasteiger charge is -2.08. The third-order valence-corrected chi connectivity index (χ3v) is 3.93. The summed E-state index contributed by atoms with van der Waals surface area (Å²) >= 11 is 5.72. The topological polar surface area (TPSA) is 75.3 Å². The zero-order chi connectivity index (χ0) is 14.6. The minimum absolute atomic E-state index is 0.0757. The molecule has 5 nitrogen and oxygen atoms in total. The molecule has 0 fully saturated rings. The molecule has 0 spiro atoms. The van der Waals surface area contributed by atoms with Crippen molar-refractivity contribution >= 4 is 33.3 Å². The lowest BCUT2D eigenvalue weighted by molar-refractivity contribution is 0.256. The molecule has 2 rings (SSSR count). The number of nitrogens with one attached hydrogen (secondary N) is 2. The van der Waals surface area contributed by atoms with Crippen molar-refractivity contribution in [1.29, 1.82) is 0 Å². The van der Waals surface area contributed by atoms with Crippen molar-refractivity contribution < 1.29 is 13.2 Å². The van der Waals surface area contributed by atoms with E-state index in [1.807, 2.05) is 4.72 Å². The molecule has 7 heteroatoms. The van der Waals surface area contributed by atoms with Gasteiger partial charge in [-0.1, -0.05) is 35.9 Å². The Labute approximate surface area is 121 Å². The van der Waals surface area contributed by atoms with E-state index in [-0.39, 0.29) is 9.92 Å². The van der Waals surface area contributed by atoms with Crippen molar-refractivity contribution in [2.45, 2.75) is 4.90 Å². The highest BCUT2D eigenvalue weighted by Gasteiger charge is 2.17. The molecule has 2 N–H and O–H groups in total. The van der Waals surface area contributed by atoms with E-state index in [9.17, 15) is 13.2 Å². The lowest BCUT2D eigenvalue weighted by Crippen LogP contribution is -2.34. The molecule has 2 aromatic rings. The monoisotopic (exact) mass is 310 g/mol. The zero-order valence-corrected chi connectivity index (χ0v) is 11.8. The predicted octanol–water partition coefficient (Wildman–Crippen LogP) is 2.85. The molecular formula is C13H11ClN2O3S. The van der Waals surface area contributed by atoms with Crippen molar-refractivity contribution in [3.05, 3.63) is 59.6 Å². The molecule has 0 atom stereocenters. The number of rotatable bonds is 3. The number of amides is 2. The number of hydrogen-bond donors (Lipinski definition) is 2. The van der Waals surface area contributed by atoms with Crippen LogP contribution in [0.2, 0.25) is 5.02 Å². The van der Waals surface area contributed by atoms with Crippen LogP contribution in [0.5, 0.6) is 0 Å². The number of urea groups is 1. The first-order valence-electron chi connectivity index (χ1n) is 5.62. The fourth-order valence-corrected chi connectivity index (χ4v) is 2.70. The number of para-hydroxylation sites is 1. The van der Waals surface area contributed by atoms with Crippen molar-refractivity contribution in [3.63, 3.8) is 0 Å². The Hall–Kier alpha value is -2.05. The van der Waals surface area contributed by atoms with E-state index in [1.165, 1.54) is 18.2 Å². The van der Waals surface area contributed by atoms with Gasteiger partial charge in [0.05, 0.1) is 4.90 Å². The second-order valence-electron chi connectivity index (χ2n) is 3.88. The second-order valence-corrected chi connectivity index (χ2v) is 6.00. The number of hydrogen-bond acceptors (Lipinski definition) is 3. The van der Waals surface area contributed by atoms with Crippen molar-refractivity contribution in [3.8, 4) is 0 Å². The van der Waals surface area contributed by atoms with Gasteiger partial charge in [0.25, 0.3) is 10.0 Å². The van der Waals surface area contributed by atoms with E-state index in [0.717, 1.165) is 0 Å². The average molecular weight is 311 g/mol. The van der Waals surface area contributed by atoms with Gasteiger partial charge < -0.3 is 5.32 Å². The summed E-state index contributed by atoms with van der Waals surface area (Å²) in [4.78, 5) is 11.6. The number of carbonyl (C=O) groups is 1. The van der Waals surface area contributed by atoms with Crippen LogP contribution in [0.4, 0.5) is 10.5 Å². The molecular weight excluding hydrogens is 300 g/mol. The predicted molar refractivity (Wildman–Crippen MR) is 77.2 cm³/mol. The Morgan fingerprint density at radius 2 is 1.70 bits per heavy atom. The number of halogens is 1. The Morgan fingerprint density at radius 3 is 2.35 bits per heavy atom. The maximum absolute atomic E-state index is 12.0. The first kappa shape index (κ1) is 14.4. The average Bonchev–Trinajstić information content (AvgIpc) is 2.39. The van der Waals surface area contributed by atoms with Gasteiger partial charge in [0.1, 0.15) is 0 Å². The van der Waals surface area contributed by atoms with E-state index < -0.39 is 16.1 Å². The summed E-state index contributed by atoms with van der Waals surface area (Å²) in [6.07, 6.45) is 0. The van der Waals surface area contributed by atoms with Crippen LogP contribution in [0.25, 0.3) is 0 Å². The molecule has 0 bridgehead atoms. The van der Waals surface area contributed by atoms with Gasteiger partial charge in [0.15, 0.2) is 0 Å². The third-order valence-electron chi connectivity index (χ3n) is 2.37. The SMILES string of the molecule is O=C(Nc1ccccc1)NS(=O)(=O)c1cccc(Cl)c1. The molecule has 0 aliphatic carbocycles. The summed E-state index contributed by atoms with van der Waals surface area (Å²) in [5.41, 5.74) is 0.492. The maximum atomic E-state index is 12.0. The Kier molecular flexibility index (Phi) is 4.26. The van der Waals surface area contributed by atoms with Crippen molar-refractivity contribution in [2.75, 3.05) is 5.32 Å². The van der Waals surface area contributed by atoms with Crippen LogP contribution < -0.4 is 10.0 Å². The van der Waals surface area contributed by atoms with Crippen LogP contribution in [0, 0.1) is 0 Å². The fourth-order valence-electron chi connectivity index (χ4n) is 1.49. The van der Waals surface area contributed by atoms with Gasteiger partial charge in [-0.2, -0.15) is 0 Å². The van der Waals surface area contributed by atoms with E-state index in [4.69, 9.17) is 11.6 Å². The van der Waals surface area contributed by atoms with Crippen LogP contribution in [0.3, 0.4) is 0 Å². The largest absolute Gasteiger partial charge is 0.333 e. The Morgan fingerprint density at radius 1 is 1.00 bits per heavy atom. The molecule has 2 aromatic carbocycles. The molecule has 0 saturated carbocycles. The smallest absolute Gasteiger partial charge is 0.307 e. The summed E-state index contributed by atoms with van der Waals surface area (Å²) in [7, 11) is -3.95. The highest BCUT2D eigenvalue weighted by Crippen LogP contribution is 2.15. The standard InChI is InChI=1S/C13H11ClN2O3S/c14-10-5-4-8-12(9-10)20(18,19)16-13(17)15-11-6-2-1-3-7-11/h1-9H,(H2,15,16,17). The molecule has 20 heavy (non-hydrogen) atoms. The van der Waals surface area contributed by atoms with E-state index in [1.54, 1.807) is 36.4 Å². The highest BCUT2D eigenvalue weighted by atomic mass is 35.5. The lowest BCUT2D eigenvalue weighted by atomic mass is 10.3. The minimum Gasteiger partial charge on any atom is -0.307 e. The summed E-state index contributed by atoms with van der Waals surface area (Å²) in [6.45, 7) is 0. The maximum Gasteiger partial charge on any atom is 0.333 e. The molecule has 0 aliphatic heterocycles. The number of benzene rings is 2. The normalized spacial score (nSPS) is 10.8. The van der Waals surface area contributed by atoms with Gasteiger partial charge in [0, 0.05) is 10.7 Å². The molecule has 0 radical (unpaired) electrons. The molecule has 0 aromatic heterocycles. The quantitative estimate of drug-likeness (QED) is 0.915. The molecule has 0 saturated heterocycles. The van der Waals surface area contributed by atoms with Crippen molar-refractivity contribution in [1.82, 2.24) is 4.72 Å². The van der Waals surface area contributed by atoms with Crippen molar-refractivity contribution in [2.24, 2.45) is 0 Å². The van der Waals surface area contributed by atoms with Gasteiger partial charge in [0.2, 0.25) is 0 Å². The molecule has 104 valence electrons. The second kappa shape index (κ2) is 5.94. The van der Waals surface area contributed by atoms with Crippen LogP contribution in [0.15, 0.2) is 59.5 Å². The van der Waals surface area contributed by atoms with E-state index in [2.05, 4.69) is 5.32 Å². The molecule has 0 unspecified atom stereocenters. The minimum atomic E-state index is -3.95. The van der Waals surface area contributed by atoms with Gasteiger partial charge in [-0.05, 0) is 30.3 Å². The summed E-state index contributed by atoms with van der Waals surface area (Å²) in [6, 6.07) is 13.3. The molecule has 0 aliphatic rings. The summed E-state index contributed by atoms with van der Waals surface area (Å²) in [5, 5.41) is 2.69. The Balaban J connectivity index is 2.11. The number of anilines is 1. The van der Waals surface area contributed by atoms with Crippen LogP contribution in [-0.4, -0.2) is 14.4 Å². The highest BCUT2D eigenvalue weighted by molar-refractivity contribution is 7.90. The number of carbonyl (C=O) groups excluding carboxylic acids is 1. The fraction of sp³-hybridized carbons (Fsp3) is 0. The zero-order valence-electron chi connectivity index (χ0n) is 10.2. The van der Waals surface area contributed by atoms with E-state index >= 15 is 0 Å². The first-order valence-corrected chi connectivity index (χ1v) is 7.48. The Bertz CT molecular complexity index is 717. The number of sulfonamides is 1. The van der Waals surface area contributed by atoms with Crippen LogP contribution >= 0.6 is 11.6 Å². The first-order chi connectivity index (χ1) is 9.47. The molecule has 0 heterocycles. The van der Waals surface area contributed by atoms with Gasteiger partial charge in [-0.15, -0.1) is 0 Å². The van der Waals surface area contributed by atoms with Gasteiger partial charge in [-0.3, -0.25) is 0 Å². The molecule has 2 amide bonds. The summed E-state index contributed by atoms with van der Waals surface area (Å²) < 4.78 is 25.8. The van der Waals surface area contributed by atoms with Gasteiger partial charge >= 0.3 is 6.03 Å². The summed E-state index contributed by atoms with van der Waals surface area (Å²) in [5.74, 6) is 0. The van der Waals surface area contributed by atoms with Crippen LogP contribution in [-0.2, 0) is 10.0 Å². The van der Waals surface area contributed by atoms with Gasteiger partial charge in [-0.25, -0.2) is 17.9 Å². The van der Waals surface area contributed by atoms with E-state index in [0.29, 0.717) is 5.69 Å². The third kappa shape index (κ3) is 3.72.